The fourth-order valence-electron chi connectivity index (χ4n) is 2.29. The van der Waals surface area contributed by atoms with Crippen LogP contribution in [0.25, 0.3) is 0 Å². The molecule has 0 saturated heterocycles. The van der Waals surface area contributed by atoms with Gasteiger partial charge in [-0.3, -0.25) is 0 Å². The van der Waals surface area contributed by atoms with Gasteiger partial charge in [0.25, 0.3) is 0 Å². The second-order valence-electron chi connectivity index (χ2n) is 7.79. The molecule has 0 aromatic heterocycles. The molecule has 0 heterocycles. The van der Waals surface area contributed by atoms with E-state index in [1.807, 2.05) is 0 Å². The predicted molar refractivity (Wildman–Crippen MR) is 90.0 cm³/mol. The first-order valence-electron chi connectivity index (χ1n) is 7.80. The van der Waals surface area contributed by atoms with Crippen molar-refractivity contribution < 1.29 is 54.0 Å². The Bertz CT molecular complexity index is 500. The van der Waals surface area contributed by atoms with E-state index in [1.165, 1.54) is 51.3 Å². The van der Waals surface area contributed by atoms with Crippen molar-refractivity contribution >= 4 is 8.32 Å². The molecule has 1 aliphatic rings. The van der Waals surface area contributed by atoms with Crippen LogP contribution >= 0.6 is 0 Å². The molecule has 0 aromatic carbocycles. The molecule has 0 aromatic rings. The van der Waals surface area contributed by atoms with Gasteiger partial charge >= 0.3 is 147 Å². The fourth-order valence-corrected chi connectivity index (χ4v) is 4.27. The molecule has 0 saturated carbocycles. The minimum absolute atomic E-state index is 0. The Morgan fingerprint density at radius 2 is 1.74 bits per heavy atom. The van der Waals surface area contributed by atoms with Crippen molar-refractivity contribution in [2.75, 3.05) is 0 Å². The van der Waals surface area contributed by atoms with Gasteiger partial charge in [0, 0.05) is 0 Å². The molecule has 0 spiro atoms. The predicted octanol–water partition coefficient (Wildman–Crippen LogP) is -0.993. The Labute approximate surface area is 171 Å². The summed E-state index contributed by atoms with van der Waals surface area (Å²) in [4.78, 5) is 0. The maximum Gasteiger partial charge on any atom is -1.00 e. The van der Waals surface area contributed by atoms with Crippen LogP contribution < -0.4 is 30.1 Å². The minimum Gasteiger partial charge on any atom is -1.00 e. The molecule has 0 atom stereocenters. The molecule has 0 radical (unpaired) electrons. The number of halogens is 2. The summed E-state index contributed by atoms with van der Waals surface area (Å²) in [5.74, 6) is 1.06. The van der Waals surface area contributed by atoms with Crippen LogP contribution in [0, 0.1) is 0 Å². The summed E-state index contributed by atoms with van der Waals surface area (Å²) in [7, 11) is -1.61. The molecule has 0 amide bonds. The number of allylic oxidation sites excluding steroid dienone is 4. The molecule has 23 heavy (non-hydrogen) atoms. The maximum atomic E-state index is 6.35. The van der Waals surface area contributed by atoms with E-state index in [1.54, 1.807) is 0 Å². The van der Waals surface area contributed by atoms with Gasteiger partial charge < -0.3 is 24.8 Å². The normalized spacial score (nSPS) is 17.2. The van der Waals surface area contributed by atoms with Crippen LogP contribution in [-0.2, 0) is 29.1 Å². The molecule has 131 valence electrons. The van der Waals surface area contributed by atoms with Crippen LogP contribution in [0.2, 0.25) is 19.6 Å². The molecule has 1 aliphatic carbocycles. The third-order valence-electron chi connectivity index (χ3n) is 3.04. The Kier molecular flexibility index (Phi) is 11.0. The largest absolute Gasteiger partial charge is 1.00 e. The molecule has 0 unspecified atom stereocenters. The SMILES string of the molecule is CCCC(C)=C1C=C(O[Si](C)(C)C)C(NC(C)(C)C)=[C]1[Zr+2].[Cl-].[Cl-]. The van der Waals surface area contributed by atoms with Crippen molar-refractivity contribution in [1.29, 1.82) is 0 Å². The van der Waals surface area contributed by atoms with E-state index in [4.69, 9.17) is 4.43 Å². The molecular formula is C17H30Cl2NOSiZr. The van der Waals surface area contributed by atoms with E-state index in [-0.39, 0.29) is 30.4 Å². The quantitative estimate of drug-likeness (QED) is 0.539. The molecule has 0 aliphatic heterocycles. The summed E-state index contributed by atoms with van der Waals surface area (Å²) in [6.07, 6.45) is 4.62. The number of hydrogen-bond acceptors (Lipinski definition) is 2. The van der Waals surface area contributed by atoms with Gasteiger partial charge in [-0.2, -0.15) is 0 Å². The number of rotatable bonds is 5. The van der Waals surface area contributed by atoms with Crippen molar-refractivity contribution in [1.82, 2.24) is 5.32 Å². The van der Waals surface area contributed by atoms with Gasteiger partial charge in [-0.15, -0.1) is 0 Å². The molecule has 1 N–H and O–H groups in total. The zero-order valence-corrected chi connectivity index (χ0v) is 20.6. The first-order chi connectivity index (χ1) is 9.44. The zero-order valence-electron chi connectivity index (χ0n) is 15.7. The van der Waals surface area contributed by atoms with Crippen LogP contribution in [0.1, 0.15) is 47.5 Å². The second kappa shape index (κ2) is 9.85. The number of hydrogen-bond donors (Lipinski definition) is 1. The average molecular weight is 455 g/mol. The van der Waals surface area contributed by atoms with Gasteiger partial charge in [-0.05, 0) is 0 Å². The molecule has 6 heteroatoms. The van der Waals surface area contributed by atoms with E-state index in [2.05, 4.69) is 65.7 Å². The third kappa shape index (κ3) is 8.43. The fraction of sp³-hybridized carbons (Fsp3) is 0.647. The molecule has 2 nitrogen and oxygen atoms in total. The van der Waals surface area contributed by atoms with E-state index in [0.717, 1.165) is 12.2 Å². The van der Waals surface area contributed by atoms with Gasteiger partial charge in [0.1, 0.15) is 0 Å². The Morgan fingerprint density at radius 3 is 2.13 bits per heavy atom. The van der Waals surface area contributed by atoms with Crippen LogP contribution in [0.3, 0.4) is 0 Å². The van der Waals surface area contributed by atoms with Crippen molar-refractivity contribution in [2.24, 2.45) is 0 Å². The van der Waals surface area contributed by atoms with E-state index in [0.29, 0.717) is 0 Å². The molecule has 1 rings (SSSR count). The van der Waals surface area contributed by atoms with Gasteiger partial charge in [0.05, 0.1) is 0 Å². The summed E-state index contributed by atoms with van der Waals surface area (Å²) < 4.78 is 7.76. The second-order valence-corrected chi connectivity index (χ2v) is 13.4. The van der Waals surface area contributed by atoms with E-state index in [9.17, 15) is 0 Å². The summed E-state index contributed by atoms with van der Waals surface area (Å²) in [5.41, 5.74) is 4.14. The number of nitrogens with one attached hydrogen (secondary N) is 1. The monoisotopic (exact) mass is 452 g/mol. The first-order valence-corrected chi connectivity index (χ1v) is 12.4. The molecular weight excluding hydrogens is 424 g/mol. The van der Waals surface area contributed by atoms with Gasteiger partial charge in [-0.25, -0.2) is 0 Å². The molecule has 0 bridgehead atoms. The van der Waals surface area contributed by atoms with Gasteiger partial charge in [-0.1, -0.05) is 0 Å². The average Bonchev–Trinajstić information content (AvgIpc) is 2.54. The van der Waals surface area contributed by atoms with Crippen molar-refractivity contribution in [3.8, 4) is 0 Å². The zero-order chi connectivity index (χ0) is 16.4. The topological polar surface area (TPSA) is 21.3 Å². The summed E-state index contributed by atoms with van der Waals surface area (Å²) in [5, 5.41) is 3.66. The van der Waals surface area contributed by atoms with E-state index >= 15 is 0 Å². The molecule has 0 fully saturated rings. The van der Waals surface area contributed by atoms with Crippen LogP contribution in [-0.4, -0.2) is 13.9 Å². The first kappa shape index (κ1) is 25.7. The standard InChI is InChI=1S/C17H30NOSi.2ClH.Zr/c1-9-10-13(2)14-11-15(18-17(3,4)5)16(12-14)19-20(6,7)8;;;/h12,18H,9-10H2,1-8H3;2*1H;/q;;;+2/p-2. The Balaban J connectivity index is 0. The van der Waals surface area contributed by atoms with Gasteiger partial charge in [0.15, 0.2) is 0 Å². The van der Waals surface area contributed by atoms with Crippen LogP contribution in [0.5, 0.6) is 0 Å². The van der Waals surface area contributed by atoms with Crippen molar-refractivity contribution in [3.63, 3.8) is 0 Å². The smallest absolute Gasteiger partial charge is 1.00 e. The summed E-state index contributed by atoms with van der Waals surface area (Å²) >= 11 is 1.45. The minimum atomic E-state index is -1.61. The third-order valence-corrected chi connectivity index (χ3v) is 5.15. The summed E-state index contributed by atoms with van der Waals surface area (Å²) in [6, 6.07) is 0. The van der Waals surface area contributed by atoms with Crippen molar-refractivity contribution in [2.45, 2.75) is 72.6 Å². The van der Waals surface area contributed by atoms with Crippen LogP contribution in [0.4, 0.5) is 0 Å². The van der Waals surface area contributed by atoms with E-state index < -0.39 is 8.32 Å². The Hall–Kier alpha value is 0.500. The van der Waals surface area contributed by atoms with Crippen LogP contribution in [0.15, 0.2) is 32.0 Å². The van der Waals surface area contributed by atoms with Gasteiger partial charge in [0.2, 0.25) is 0 Å². The Morgan fingerprint density at radius 1 is 1.22 bits per heavy atom. The summed E-state index contributed by atoms with van der Waals surface area (Å²) in [6.45, 7) is 17.8. The maximum absolute atomic E-state index is 6.35. The van der Waals surface area contributed by atoms with Crippen molar-refractivity contribution in [3.05, 3.63) is 32.0 Å².